The van der Waals surface area contributed by atoms with Gasteiger partial charge in [0.2, 0.25) is 0 Å². The van der Waals surface area contributed by atoms with Crippen molar-refractivity contribution in [3.05, 3.63) is 0 Å². The van der Waals surface area contributed by atoms with E-state index in [2.05, 4.69) is 0 Å². The Balaban J connectivity index is 0. The van der Waals surface area contributed by atoms with E-state index in [-0.39, 0.29) is 29.6 Å². The number of hydrogen-bond donors (Lipinski definition) is 1. The number of rotatable bonds is 0. The van der Waals surface area contributed by atoms with Crippen LogP contribution in [0.25, 0.3) is 0 Å². The molecule has 3 heteroatoms. The molecule has 0 aliphatic heterocycles. The molecule has 0 atom stereocenters. The number of carboxylic acid groups (broad SMARTS) is 1. The Hall–Kier alpha value is 0.470. The summed E-state index contributed by atoms with van der Waals surface area (Å²) < 4.78 is 6.06. The van der Waals surface area contributed by atoms with Gasteiger partial charge in [0.15, 0.2) is 0 Å². The quantitative estimate of drug-likeness (QED) is 0.410. The van der Waals surface area contributed by atoms with Crippen LogP contribution in [0.2, 0.25) is 0 Å². The largest absolute Gasteiger partial charge is 0.481 e. The Bertz CT molecular complexity index is 46.8. The van der Waals surface area contributed by atoms with Crippen molar-refractivity contribution in [3.63, 3.8) is 0 Å². The Morgan fingerprint density at radius 3 is 2.40 bits per heavy atom. The molecule has 0 unspecified atom stereocenters. The van der Waals surface area contributed by atoms with E-state index in [1.54, 1.807) is 0 Å². The van der Waals surface area contributed by atoms with E-state index in [0.29, 0.717) is 0 Å². The molecule has 0 bridgehead atoms. The van der Waals surface area contributed by atoms with Gasteiger partial charge in [0, 0.05) is 37.8 Å². The monoisotopic (exact) mass is 85.0 g/mol. The van der Waals surface area contributed by atoms with Gasteiger partial charge in [-0.05, 0) is 0 Å². The van der Waals surface area contributed by atoms with Gasteiger partial charge in [-0.2, -0.15) is 0 Å². The average molecular weight is 85.1 g/mol. The van der Waals surface area contributed by atoms with Crippen LogP contribution in [-0.2, 0) is 4.79 Å². The van der Waals surface area contributed by atoms with Crippen LogP contribution in [0.15, 0.2) is 0 Å². The zero-order valence-electron chi connectivity index (χ0n) is 4.06. The van der Waals surface area contributed by atoms with Gasteiger partial charge < -0.3 is 5.11 Å². The standard InChI is InChI=1S/C2H4O2.Na/c1-2(3)4;/h1H3,(H,3,4);/i1T;. The summed E-state index contributed by atoms with van der Waals surface area (Å²) in [7, 11) is 0. The van der Waals surface area contributed by atoms with Crippen molar-refractivity contribution in [2.45, 2.75) is 6.90 Å². The summed E-state index contributed by atoms with van der Waals surface area (Å²) >= 11 is 0. The first-order valence-corrected chi connectivity index (χ1v) is 0.781. The van der Waals surface area contributed by atoms with Crippen LogP contribution in [0, 0.1) is 0 Å². The molecule has 0 aromatic carbocycles. The van der Waals surface area contributed by atoms with E-state index in [0.717, 1.165) is 0 Å². The summed E-state index contributed by atoms with van der Waals surface area (Å²) in [5, 5.41) is 7.53. The van der Waals surface area contributed by atoms with Gasteiger partial charge in [-0.15, -0.1) is 0 Å². The molecule has 0 amide bonds. The van der Waals surface area contributed by atoms with Crippen LogP contribution in [0.4, 0.5) is 0 Å². The Morgan fingerprint density at radius 1 is 2.20 bits per heavy atom. The second-order valence-corrected chi connectivity index (χ2v) is 0.394. The zero-order chi connectivity index (χ0) is 4.28. The summed E-state index contributed by atoms with van der Waals surface area (Å²) in [6.07, 6.45) is 0. The summed E-state index contributed by atoms with van der Waals surface area (Å²) in [6.45, 7) is -0.528. The van der Waals surface area contributed by atoms with Crippen molar-refractivity contribution in [1.82, 2.24) is 0 Å². The van der Waals surface area contributed by atoms with Crippen molar-refractivity contribution < 1.29 is 11.3 Å². The molecule has 0 aliphatic rings. The predicted molar refractivity (Wildman–Crippen MR) is 19.1 cm³/mol. The van der Waals surface area contributed by atoms with Crippen LogP contribution < -0.4 is 0 Å². The summed E-state index contributed by atoms with van der Waals surface area (Å²) in [4.78, 5) is 9.18. The Kier molecular flexibility index (Phi) is 4.89. The van der Waals surface area contributed by atoms with Crippen LogP contribution >= 0.6 is 0 Å². The third-order valence-electron chi connectivity index (χ3n) is 0. The number of hydrogen-bond acceptors (Lipinski definition) is 1. The molecule has 0 saturated carbocycles. The Morgan fingerprint density at radius 2 is 2.40 bits per heavy atom. The average Bonchev–Trinajstić information content (AvgIpc) is 1.38. The normalized spacial score (nSPS) is 7.60. The molecule has 0 aromatic heterocycles. The molecule has 0 aliphatic carbocycles. The van der Waals surface area contributed by atoms with Crippen molar-refractivity contribution in [3.8, 4) is 0 Å². The van der Waals surface area contributed by atoms with Crippen molar-refractivity contribution in [2.75, 3.05) is 0 Å². The van der Waals surface area contributed by atoms with Gasteiger partial charge in [-0.3, -0.25) is 4.79 Å². The first-order valence-electron chi connectivity index (χ1n) is 1.49. The topological polar surface area (TPSA) is 37.3 Å². The van der Waals surface area contributed by atoms with Crippen LogP contribution in [0.3, 0.4) is 0 Å². The number of aliphatic carboxylic acids is 1. The minimum absolute atomic E-state index is 0. The van der Waals surface area contributed by atoms with E-state index in [1.165, 1.54) is 0 Å². The van der Waals surface area contributed by atoms with Gasteiger partial charge in [0.25, 0.3) is 5.97 Å². The molecule has 0 fully saturated rings. The molecule has 0 rings (SSSR count). The maximum Gasteiger partial charge on any atom is 0.300 e. The van der Waals surface area contributed by atoms with Crippen molar-refractivity contribution >= 4 is 35.5 Å². The Labute approximate surface area is 53.9 Å². The van der Waals surface area contributed by atoms with E-state index >= 15 is 0 Å². The molecule has 0 saturated heterocycles. The zero-order valence-corrected chi connectivity index (χ0v) is 5.06. The van der Waals surface area contributed by atoms with Gasteiger partial charge in [-0.25, -0.2) is 0 Å². The fourth-order valence-electron chi connectivity index (χ4n) is 0. The second kappa shape index (κ2) is 4.47. The van der Waals surface area contributed by atoms with E-state index < -0.39 is 12.9 Å². The fraction of sp³-hybridized carbons (Fsp3) is 0.500. The first kappa shape index (κ1) is 5.47. The van der Waals surface area contributed by atoms with E-state index in [4.69, 9.17) is 6.48 Å². The molecule has 1 N–H and O–H groups in total. The smallest absolute Gasteiger partial charge is 0.300 e. The minimum atomic E-state index is -1.08. The molecule has 1 radical (unpaired) electrons. The van der Waals surface area contributed by atoms with E-state index in [1.807, 2.05) is 0 Å². The molecule has 2 nitrogen and oxygen atoms in total. The van der Waals surface area contributed by atoms with Crippen LogP contribution in [0.5, 0.6) is 0 Å². The summed E-state index contributed by atoms with van der Waals surface area (Å²) in [6, 6.07) is 0. The molecule has 0 spiro atoms. The van der Waals surface area contributed by atoms with Gasteiger partial charge in [0.05, 0.1) is 0 Å². The summed E-state index contributed by atoms with van der Waals surface area (Å²) in [5.41, 5.74) is 0. The molecule has 0 aromatic rings. The maximum atomic E-state index is 9.18. The maximum absolute atomic E-state index is 9.18. The van der Waals surface area contributed by atoms with Crippen LogP contribution in [-0.4, -0.2) is 40.6 Å². The first-order chi connectivity index (χ1) is 2.27. The number of carbonyl (C=O) groups is 1. The molecule has 25 valence electrons. The summed E-state index contributed by atoms with van der Waals surface area (Å²) in [5.74, 6) is -1.08. The van der Waals surface area contributed by atoms with Crippen molar-refractivity contribution in [2.24, 2.45) is 0 Å². The van der Waals surface area contributed by atoms with Crippen LogP contribution in [0.1, 0.15) is 8.27 Å². The van der Waals surface area contributed by atoms with Gasteiger partial charge in [0.1, 0.15) is 0 Å². The second-order valence-electron chi connectivity index (χ2n) is 0.394. The fourth-order valence-corrected chi connectivity index (χ4v) is 0. The van der Waals surface area contributed by atoms with Gasteiger partial charge in [-0.1, -0.05) is 0 Å². The molecule has 0 heterocycles. The third-order valence-corrected chi connectivity index (χ3v) is 0. The SMILES string of the molecule is [3H]CC(=O)O.[Na]. The molecular formula is C2H4NaO2. The van der Waals surface area contributed by atoms with Gasteiger partial charge >= 0.3 is 0 Å². The van der Waals surface area contributed by atoms with Crippen molar-refractivity contribution in [1.29, 1.82) is 0 Å². The van der Waals surface area contributed by atoms with E-state index in [9.17, 15) is 4.79 Å². The minimum Gasteiger partial charge on any atom is -0.481 e. The molecule has 5 heavy (non-hydrogen) atoms. The number of carboxylic acids is 1. The molecular weight excluding hydrogens is 79.0 g/mol. The predicted octanol–water partition coefficient (Wildman–Crippen LogP) is -0.290. The third kappa shape index (κ3) is 123.